The Hall–Kier alpha value is -0.0200. The first-order valence-electron chi connectivity index (χ1n) is 6.49. The molecule has 2 nitrogen and oxygen atoms in total. The number of carbonyl (C=O) groups excluding carboxylic acids is 1. The van der Waals surface area contributed by atoms with Crippen LogP contribution in [0.3, 0.4) is 0 Å². The zero-order chi connectivity index (χ0) is 11.4. The van der Waals surface area contributed by atoms with Crippen molar-refractivity contribution in [2.24, 2.45) is 0 Å². The zero-order valence-electron chi connectivity index (χ0n) is 10.2. The maximum atomic E-state index is 12.1. The summed E-state index contributed by atoms with van der Waals surface area (Å²) in [5.74, 6) is 1.60. The number of ether oxygens (including phenoxy) is 1. The third-order valence-corrected chi connectivity index (χ3v) is 5.34. The second-order valence-electron chi connectivity index (χ2n) is 5.13. The van der Waals surface area contributed by atoms with E-state index >= 15 is 0 Å². The SMILES string of the molecule is CC1(C(=O)CCC2CCCCO2)CCCS1. The summed E-state index contributed by atoms with van der Waals surface area (Å²) in [6.07, 6.45) is 7.89. The summed E-state index contributed by atoms with van der Waals surface area (Å²) < 4.78 is 5.59. The van der Waals surface area contributed by atoms with E-state index in [4.69, 9.17) is 4.74 Å². The Balaban J connectivity index is 1.74. The van der Waals surface area contributed by atoms with E-state index in [0.29, 0.717) is 18.3 Å². The molecule has 16 heavy (non-hydrogen) atoms. The second-order valence-corrected chi connectivity index (χ2v) is 6.73. The van der Waals surface area contributed by atoms with Crippen molar-refractivity contribution in [2.45, 2.75) is 62.7 Å². The third-order valence-electron chi connectivity index (χ3n) is 3.78. The molecule has 2 aliphatic rings. The molecule has 2 aliphatic heterocycles. The molecule has 0 aromatic rings. The average molecular weight is 242 g/mol. The van der Waals surface area contributed by atoms with Gasteiger partial charge >= 0.3 is 0 Å². The highest BCUT2D eigenvalue weighted by Crippen LogP contribution is 2.39. The zero-order valence-corrected chi connectivity index (χ0v) is 11.0. The van der Waals surface area contributed by atoms with Gasteiger partial charge in [0, 0.05) is 13.0 Å². The maximum Gasteiger partial charge on any atom is 0.148 e. The van der Waals surface area contributed by atoms with Crippen LogP contribution in [0.25, 0.3) is 0 Å². The van der Waals surface area contributed by atoms with Crippen molar-refractivity contribution in [3.8, 4) is 0 Å². The minimum atomic E-state index is -0.0747. The Morgan fingerprint density at radius 2 is 2.31 bits per heavy atom. The van der Waals surface area contributed by atoms with Crippen LogP contribution in [0, 0.1) is 0 Å². The van der Waals surface area contributed by atoms with E-state index in [9.17, 15) is 4.79 Å². The number of rotatable bonds is 4. The van der Waals surface area contributed by atoms with E-state index in [0.717, 1.165) is 31.6 Å². The van der Waals surface area contributed by atoms with Crippen molar-refractivity contribution in [3.05, 3.63) is 0 Å². The van der Waals surface area contributed by atoms with Crippen molar-refractivity contribution in [2.75, 3.05) is 12.4 Å². The fraction of sp³-hybridized carbons (Fsp3) is 0.923. The van der Waals surface area contributed by atoms with Crippen molar-refractivity contribution >= 4 is 17.5 Å². The van der Waals surface area contributed by atoms with E-state index in [1.165, 1.54) is 19.3 Å². The van der Waals surface area contributed by atoms with Gasteiger partial charge in [0.1, 0.15) is 5.78 Å². The van der Waals surface area contributed by atoms with E-state index in [1.807, 2.05) is 11.8 Å². The third kappa shape index (κ3) is 3.01. The second kappa shape index (κ2) is 5.54. The fourth-order valence-electron chi connectivity index (χ4n) is 2.59. The Kier molecular flexibility index (Phi) is 4.31. The lowest BCUT2D eigenvalue weighted by molar-refractivity contribution is -0.122. The van der Waals surface area contributed by atoms with Crippen LogP contribution < -0.4 is 0 Å². The quantitative estimate of drug-likeness (QED) is 0.757. The number of hydrogen-bond donors (Lipinski definition) is 0. The Morgan fingerprint density at radius 3 is 2.94 bits per heavy atom. The average Bonchev–Trinajstić information content (AvgIpc) is 2.76. The smallest absolute Gasteiger partial charge is 0.148 e. The van der Waals surface area contributed by atoms with Crippen molar-refractivity contribution in [3.63, 3.8) is 0 Å². The molecule has 0 aromatic heterocycles. The minimum absolute atomic E-state index is 0.0747. The molecule has 3 heteroatoms. The highest BCUT2D eigenvalue weighted by atomic mass is 32.2. The van der Waals surface area contributed by atoms with Crippen molar-refractivity contribution in [1.29, 1.82) is 0 Å². The summed E-state index contributed by atoms with van der Waals surface area (Å²) >= 11 is 1.85. The van der Waals surface area contributed by atoms with Crippen LogP contribution in [-0.2, 0) is 9.53 Å². The first kappa shape index (κ1) is 12.4. The molecule has 2 heterocycles. The number of carbonyl (C=O) groups is 1. The van der Waals surface area contributed by atoms with Crippen LogP contribution in [-0.4, -0.2) is 29.0 Å². The molecule has 0 N–H and O–H groups in total. The van der Waals surface area contributed by atoms with E-state index in [2.05, 4.69) is 6.92 Å². The first-order valence-corrected chi connectivity index (χ1v) is 7.48. The molecule has 0 spiro atoms. The number of hydrogen-bond acceptors (Lipinski definition) is 3. The summed E-state index contributed by atoms with van der Waals surface area (Å²) in [5, 5.41) is 0. The Labute approximate surface area is 103 Å². The van der Waals surface area contributed by atoms with Gasteiger partial charge in [-0.15, -0.1) is 11.8 Å². The molecule has 92 valence electrons. The number of thioether (sulfide) groups is 1. The molecule has 0 amide bonds. The van der Waals surface area contributed by atoms with Crippen LogP contribution in [0.4, 0.5) is 0 Å². The standard InChI is InChI=1S/C13H22O2S/c1-13(8-4-10-16-13)12(14)7-6-11-5-2-3-9-15-11/h11H,2-10H2,1H3. The van der Waals surface area contributed by atoms with E-state index in [-0.39, 0.29) is 4.75 Å². The van der Waals surface area contributed by atoms with E-state index in [1.54, 1.807) is 0 Å². The monoisotopic (exact) mass is 242 g/mol. The molecule has 0 bridgehead atoms. The predicted octanol–water partition coefficient (Wildman–Crippen LogP) is 3.19. The molecule has 0 aromatic carbocycles. The topological polar surface area (TPSA) is 26.3 Å². The minimum Gasteiger partial charge on any atom is -0.378 e. The van der Waals surface area contributed by atoms with Crippen molar-refractivity contribution < 1.29 is 9.53 Å². The molecule has 2 unspecified atom stereocenters. The van der Waals surface area contributed by atoms with Gasteiger partial charge in [-0.2, -0.15) is 0 Å². The highest BCUT2D eigenvalue weighted by Gasteiger charge is 2.36. The maximum absolute atomic E-state index is 12.1. The molecule has 2 saturated heterocycles. The molecule has 0 aliphatic carbocycles. The van der Waals surface area contributed by atoms with Gasteiger partial charge in [0.25, 0.3) is 0 Å². The summed E-state index contributed by atoms with van der Waals surface area (Å²) in [5.41, 5.74) is 0. The van der Waals surface area contributed by atoms with Crippen LogP contribution in [0.5, 0.6) is 0 Å². The summed E-state index contributed by atoms with van der Waals surface area (Å²) in [6, 6.07) is 0. The van der Waals surface area contributed by atoms with Crippen LogP contribution in [0.2, 0.25) is 0 Å². The van der Waals surface area contributed by atoms with Crippen LogP contribution in [0.15, 0.2) is 0 Å². The lowest BCUT2D eigenvalue weighted by Crippen LogP contribution is -2.30. The van der Waals surface area contributed by atoms with Gasteiger partial charge in [0.15, 0.2) is 0 Å². The first-order chi connectivity index (χ1) is 7.71. The Bertz CT molecular complexity index is 240. The lowest BCUT2D eigenvalue weighted by atomic mass is 9.94. The largest absolute Gasteiger partial charge is 0.378 e. The van der Waals surface area contributed by atoms with E-state index < -0.39 is 0 Å². The van der Waals surface area contributed by atoms with Gasteiger partial charge in [-0.1, -0.05) is 0 Å². The Morgan fingerprint density at radius 1 is 1.44 bits per heavy atom. The molecule has 0 saturated carbocycles. The van der Waals surface area contributed by atoms with Gasteiger partial charge < -0.3 is 4.74 Å². The summed E-state index contributed by atoms with van der Waals surface area (Å²) in [6.45, 7) is 3.01. The highest BCUT2D eigenvalue weighted by molar-refractivity contribution is 8.01. The van der Waals surface area contributed by atoms with Gasteiger partial charge in [-0.25, -0.2) is 0 Å². The molecular formula is C13H22O2S. The molecular weight excluding hydrogens is 220 g/mol. The van der Waals surface area contributed by atoms with Gasteiger partial charge in [-0.05, 0) is 51.2 Å². The summed E-state index contributed by atoms with van der Waals surface area (Å²) in [7, 11) is 0. The molecule has 0 radical (unpaired) electrons. The van der Waals surface area contributed by atoms with Gasteiger partial charge in [-0.3, -0.25) is 4.79 Å². The normalized spacial score (nSPS) is 35.2. The predicted molar refractivity (Wildman–Crippen MR) is 67.9 cm³/mol. The molecule has 2 fully saturated rings. The van der Waals surface area contributed by atoms with Crippen LogP contribution >= 0.6 is 11.8 Å². The molecule has 2 atom stereocenters. The van der Waals surface area contributed by atoms with Gasteiger partial charge in [0.2, 0.25) is 0 Å². The lowest BCUT2D eigenvalue weighted by Gasteiger charge is -2.25. The van der Waals surface area contributed by atoms with Crippen molar-refractivity contribution in [1.82, 2.24) is 0 Å². The molecule has 2 rings (SSSR count). The van der Waals surface area contributed by atoms with Gasteiger partial charge in [0.05, 0.1) is 10.9 Å². The fourth-order valence-corrected chi connectivity index (χ4v) is 3.88. The van der Waals surface area contributed by atoms with Crippen LogP contribution in [0.1, 0.15) is 51.9 Å². The number of ketones is 1. The summed E-state index contributed by atoms with van der Waals surface area (Å²) in [4.78, 5) is 12.1. The number of Topliss-reactive ketones (excluding diaryl/α,β-unsaturated/α-hetero) is 1.